The van der Waals surface area contributed by atoms with E-state index in [1.54, 1.807) is 6.07 Å². The van der Waals surface area contributed by atoms with Gasteiger partial charge in [0.05, 0.1) is 13.2 Å². The molecule has 13 heavy (non-hydrogen) atoms. The molecule has 0 bridgehead atoms. The standard InChI is InChI=1S/C9H9FN2O/c1-13-9-6-7(12-5-4-11)2-3-8(9)10/h2-3,6,12H,5H2,1H3. The fraction of sp³-hybridized carbons (Fsp3) is 0.222. The molecule has 1 aromatic carbocycles. The lowest BCUT2D eigenvalue weighted by molar-refractivity contribution is 0.387. The Labute approximate surface area is 75.7 Å². The third kappa shape index (κ3) is 2.34. The summed E-state index contributed by atoms with van der Waals surface area (Å²) in [7, 11) is 1.40. The van der Waals surface area contributed by atoms with Gasteiger partial charge < -0.3 is 10.1 Å². The first-order valence-electron chi connectivity index (χ1n) is 3.72. The number of hydrogen-bond acceptors (Lipinski definition) is 3. The summed E-state index contributed by atoms with van der Waals surface area (Å²) in [4.78, 5) is 0. The van der Waals surface area contributed by atoms with Gasteiger partial charge in [-0.2, -0.15) is 5.26 Å². The lowest BCUT2D eigenvalue weighted by atomic mass is 10.3. The Morgan fingerprint density at radius 3 is 3.00 bits per heavy atom. The van der Waals surface area contributed by atoms with Crippen LogP contribution in [0.25, 0.3) is 0 Å². The highest BCUT2D eigenvalue weighted by atomic mass is 19.1. The maximum absolute atomic E-state index is 12.9. The number of halogens is 1. The van der Waals surface area contributed by atoms with E-state index < -0.39 is 5.82 Å². The van der Waals surface area contributed by atoms with Gasteiger partial charge in [-0.3, -0.25) is 0 Å². The molecule has 0 aliphatic rings. The summed E-state index contributed by atoms with van der Waals surface area (Å²) < 4.78 is 17.6. The third-order valence-electron chi connectivity index (χ3n) is 1.52. The lowest BCUT2D eigenvalue weighted by Crippen LogP contribution is -1.99. The van der Waals surface area contributed by atoms with Crippen LogP contribution >= 0.6 is 0 Å². The number of anilines is 1. The lowest BCUT2D eigenvalue weighted by Gasteiger charge is -2.05. The van der Waals surface area contributed by atoms with E-state index in [2.05, 4.69) is 5.32 Å². The zero-order valence-electron chi connectivity index (χ0n) is 7.17. The highest BCUT2D eigenvalue weighted by Gasteiger charge is 2.02. The Bertz CT molecular complexity index is 333. The summed E-state index contributed by atoms with van der Waals surface area (Å²) >= 11 is 0. The second-order valence-corrected chi connectivity index (χ2v) is 2.36. The molecule has 0 fully saturated rings. The molecule has 4 heteroatoms. The van der Waals surface area contributed by atoms with Crippen LogP contribution in [0, 0.1) is 17.1 Å². The monoisotopic (exact) mass is 180 g/mol. The minimum absolute atomic E-state index is 0.169. The summed E-state index contributed by atoms with van der Waals surface area (Å²) in [5, 5.41) is 11.1. The molecule has 0 aliphatic carbocycles. The minimum atomic E-state index is -0.412. The average molecular weight is 180 g/mol. The maximum atomic E-state index is 12.9. The zero-order valence-corrected chi connectivity index (χ0v) is 7.17. The average Bonchev–Trinajstić information content (AvgIpc) is 2.16. The summed E-state index contributed by atoms with van der Waals surface area (Å²) in [6, 6.07) is 6.27. The number of methoxy groups -OCH3 is 1. The molecular weight excluding hydrogens is 171 g/mol. The van der Waals surface area contributed by atoms with Crippen molar-refractivity contribution < 1.29 is 9.13 Å². The van der Waals surface area contributed by atoms with E-state index in [1.807, 2.05) is 6.07 Å². The van der Waals surface area contributed by atoms with E-state index in [9.17, 15) is 4.39 Å². The number of nitrogens with one attached hydrogen (secondary N) is 1. The minimum Gasteiger partial charge on any atom is -0.494 e. The van der Waals surface area contributed by atoms with E-state index in [0.29, 0.717) is 5.69 Å². The normalized spacial score (nSPS) is 9.00. The van der Waals surface area contributed by atoms with Gasteiger partial charge in [0.1, 0.15) is 6.54 Å². The van der Waals surface area contributed by atoms with Crippen molar-refractivity contribution in [2.75, 3.05) is 19.0 Å². The molecule has 1 aromatic rings. The van der Waals surface area contributed by atoms with Crippen molar-refractivity contribution in [1.82, 2.24) is 0 Å². The first-order chi connectivity index (χ1) is 6.27. The van der Waals surface area contributed by atoms with Crippen LogP contribution in [0.3, 0.4) is 0 Å². The fourth-order valence-electron chi connectivity index (χ4n) is 0.911. The van der Waals surface area contributed by atoms with Crippen LogP contribution in [0.1, 0.15) is 0 Å². The second-order valence-electron chi connectivity index (χ2n) is 2.36. The van der Waals surface area contributed by atoms with E-state index in [0.717, 1.165) is 0 Å². The molecule has 0 heterocycles. The molecule has 0 saturated carbocycles. The first kappa shape index (κ1) is 9.33. The number of hydrogen-bond donors (Lipinski definition) is 1. The van der Waals surface area contributed by atoms with E-state index >= 15 is 0 Å². The van der Waals surface area contributed by atoms with Crippen LogP contribution in [-0.2, 0) is 0 Å². The number of rotatable bonds is 3. The molecule has 1 N–H and O–H groups in total. The van der Waals surface area contributed by atoms with Crippen LogP contribution in [-0.4, -0.2) is 13.7 Å². The number of ether oxygens (including phenoxy) is 1. The Hall–Kier alpha value is -1.76. The van der Waals surface area contributed by atoms with Crippen molar-refractivity contribution in [2.45, 2.75) is 0 Å². The van der Waals surface area contributed by atoms with Crippen LogP contribution in [0.5, 0.6) is 5.75 Å². The Morgan fingerprint density at radius 2 is 2.38 bits per heavy atom. The van der Waals surface area contributed by atoms with Gasteiger partial charge in [-0.05, 0) is 12.1 Å². The number of benzene rings is 1. The molecule has 0 radical (unpaired) electrons. The molecule has 0 saturated heterocycles. The Morgan fingerprint density at radius 1 is 1.62 bits per heavy atom. The highest BCUT2D eigenvalue weighted by Crippen LogP contribution is 2.20. The van der Waals surface area contributed by atoms with Crippen LogP contribution in [0.4, 0.5) is 10.1 Å². The molecule has 0 amide bonds. The third-order valence-corrected chi connectivity index (χ3v) is 1.52. The molecule has 0 atom stereocenters. The summed E-state index contributed by atoms with van der Waals surface area (Å²) in [5.74, 6) is -0.243. The quantitative estimate of drug-likeness (QED) is 0.721. The van der Waals surface area contributed by atoms with E-state index in [-0.39, 0.29) is 12.3 Å². The van der Waals surface area contributed by atoms with Crippen molar-refractivity contribution in [1.29, 1.82) is 5.26 Å². The molecule has 0 aliphatic heterocycles. The summed E-state index contributed by atoms with van der Waals surface area (Å²) in [6.07, 6.45) is 0. The van der Waals surface area contributed by atoms with Gasteiger partial charge in [0, 0.05) is 11.8 Å². The fourth-order valence-corrected chi connectivity index (χ4v) is 0.911. The largest absolute Gasteiger partial charge is 0.494 e. The van der Waals surface area contributed by atoms with Gasteiger partial charge in [-0.25, -0.2) is 4.39 Å². The van der Waals surface area contributed by atoms with E-state index in [4.69, 9.17) is 10.00 Å². The zero-order chi connectivity index (χ0) is 9.68. The number of nitrogens with zero attached hydrogens (tertiary/aromatic N) is 1. The Balaban J connectivity index is 2.81. The van der Waals surface area contributed by atoms with Crippen molar-refractivity contribution >= 4 is 5.69 Å². The smallest absolute Gasteiger partial charge is 0.165 e. The van der Waals surface area contributed by atoms with E-state index in [1.165, 1.54) is 19.2 Å². The molecule has 0 spiro atoms. The van der Waals surface area contributed by atoms with Crippen LogP contribution in [0.15, 0.2) is 18.2 Å². The SMILES string of the molecule is COc1cc(NCC#N)ccc1F. The maximum Gasteiger partial charge on any atom is 0.165 e. The molecule has 3 nitrogen and oxygen atoms in total. The predicted octanol–water partition coefficient (Wildman–Crippen LogP) is 1.77. The number of nitriles is 1. The summed E-state index contributed by atoms with van der Waals surface area (Å²) in [5.41, 5.74) is 0.666. The van der Waals surface area contributed by atoms with Crippen molar-refractivity contribution in [2.24, 2.45) is 0 Å². The van der Waals surface area contributed by atoms with Crippen LogP contribution in [0.2, 0.25) is 0 Å². The van der Waals surface area contributed by atoms with Crippen molar-refractivity contribution in [3.05, 3.63) is 24.0 Å². The van der Waals surface area contributed by atoms with Gasteiger partial charge in [0.15, 0.2) is 11.6 Å². The predicted molar refractivity (Wildman–Crippen MR) is 47.1 cm³/mol. The van der Waals surface area contributed by atoms with Crippen molar-refractivity contribution in [3.8, 4) is 11.8 Å². The van der Waals surface area contributed by atoms with Crippen molar-refractivity contribution in [3.63, 3.8) is 0 Å². The topological polar surface area (TPSA) is 45.0 Å². The van der Waals surface area contributed by atoms with Gasteiger partial charge in [-0.1, -0.05) is 0 Å². The molecule has 68 valence electrons. The second kappa shape index (κ2) is 4.31. The first-order valence-corrected chi connectivity index (χ1v) is 3.72. The van der Waals surface area contributed by atoms with Gasteiger partial charge >= 0.3 is 0 Å². The molecule has 1 rings (SSSR count). The summed E-state index contributed by atoms with van der Waals surface area (Å²) in [6.45, 7) is 0.189. The molecule has 0 aromatic heterocycles. The van der Waals surface area contributed by atoms with Gasteiger partial charge in [-0.15, -0.1) is 0 Å². The van der Waals surface area contributed by atoms with Gasteiger partial charge in [0.2, 0.25) is 0 Å². The van der Waals surface area contributed by atoms with Gasteiger partial charge in [0.25, 0.3) is 0 Å². The highest BCUT2D eigenvalue weighted by molar-refractivity contribution is 5.49. The molecule has 0 unspecified atom stereocenters. The Kier molecular flexibility index (Phi) is 3.09. The van der Waals surface area contributed by atoms with Crippen LogP contribution < -0.4 is 10.1 Å². The molecular formula is C9H9FN2O.